The molecule has 0 aliphatic rings. The second kappa shape index (κ2) is 13.8. The Morgan fingerprint density at radius 1 is 1.00 bits per heavy atom. The van der Waals surface area contributed by atoms with Gasteiger partial charge >= 0.3 is 12.6 Å². The first kappa shape index (κ1) is 26.6. The fraction of sp³-hybridized carbons (Fsp3) is 0.375. The van der Waals surface area contributed by atoms with Gasteiger partial charge in [0.1, 0.15) is 18.0 Å². The van der Waals surface area contributed by atoms with Crippen LogP contribution in [0.4, 0.5) is 8.78 Å². The SMILES string of the molecule is CCCCOc1ccc(C(=O)NCC(=O)OCC(=O)N(C)Cc2ccc(OC(F)F)cc2)cc1. The van der Waals surface area contributed by atoms with Crippen molar-refractivity contribution < 1.29 is 37.4 Å². The van der Waals surface area contributed by atoms with Gasteiger partial charge in [-0.25, -0.2) is 0 Å². The van der Waals surface area contributed by atoms with Gasteiger partial charge in [-0.2, -0.15) is 8.78 Å². The number of amides is 2. The number of ether oxygens (including phenoxy) is 3. The Morgan fingerprint density at radius 2 is 1.65 bits per heavy atom. The van der Waals surface area contributed by atoms with Gasteiger partial charge in [-0.15, -0.1) is 0 Å². The highest BCUT2D eigenvalue weighted by molar-refractivity contribution is 5.96. The average molecular weight is 478 g/mol. The van der Waals surface area contributed by atoms with E-state index in [1.807, 2.05) is 0 Å². The van der Waals surface area contributed by atoms with Crippen LogP contribution in [0.25, 0.3) is 0 Å². The molecule has 1 N–H and O–H groups in total. The van der Waals surface area contributed by atoms with Gasteiger partial charge in [0.25, 0.3) is 11.8 Å². The Balaban J connectivity index is 1.70. The average Bonchev–Trinajstić information content (AvgIpc) is 2.82. The second-order valence-electron chi connectivity index (χ2n) is 7.34. The maximum Gasteiger partial charge on any atom is 0.387 e. The molecule has 2 rings (SSSR count). The third-order valence-electron chi connectivity index (χ3n) is 4.63. The van der Waals surface area contributed by atoms with Crippen LogP contribution in [0.3, 0.4) is 0 Å². The maximum atomic E-state index is 12.2. The molecule has 0 fully saturated rings. The summed E-state index contributed by atoms with van der Waals surface area (Å²) in [6.07, 6.45) is 1.96. The molecule has 0 radical (unpaired) electrons. The largest absolute Gasteiger partial charge is 0.494 e. The van der Waals surface area contributed by atoms with Crippen molar-refractivity contribution in [3.05, 3.63) is 59.7 Å². The highest BCUT2D eigenvalue weighted by Crippen LogP contribution is 2.16. The summed E-state index contributed by atoms with van der Waals surface area (Å²) in [7, 11) is 1.51. The number of hydrogen-bond acceptors (Lipinski definition) is 6. The Hall–Kier alpha value is -3.69. The molecule has 2 aromatic rings. The molecule has 0 saturated heterocycles. The van der Waals surface area contributed by atoms with Gasteiger partial charge in [0.05, 0.1) is 6.61 Å². The molecule has 184 valence electrons. The third-order valence-corrected chi connectivity index (χ3v) is 4.63. The number of likely N-dealkylation sites (N-methyl/N-ethyl adjacent to an activating group) is 1. The molecule has 0 heterocycles. The summed E-state index contributed by atoms with van der Waals surface area (Å²) in [5.74, 6) is -1.02. The van der Waals surface area contributed by atoms with E-state index in [4.69, 9.17) is 9.47 Å². The lowest BCUT2D eigenvalue weighted by Gasteiger charge is -2.17. The maximum absolute atomic E-state index is 12.2. The van der Waals surface area contributed by atoms with Crippen LogP contribution < -0.4 is 14.8 Å². The molecule has 8 nitrogen and oxygen atoms in total. The first-order valence-corrected chi connectivity index (χ1v) is 10.7. The third kappa shape index (κ3) is 9.43. The zero-order chi connectivity index (χ0) is 24.9. The number of unbranched alkanes of at least 4 members (excludes halogenated alkanes) is 1. The smallest absolute Gasteiger partial charge is 0.387 e. The summed E-state index contributed by atoms with van der Waals surface area (Å²) in [5, 5.41) is 2.44. The van der Waals surface area contributed by atoms with Crippen LogP contribution in [0, 0.1) is 0 Å². The topological polar surface area (TPSA) is 94.2 Å². The van der Waals surface area contributed by atoms with Crippen molar-refractivity contribution in [2.75, 3.05) is 26.8 Å². The Bertz CT molecular complexity index is 935. The second-order valence-corrected chi connectivity index (χ2v) is 7.34. The minimum Gasteiger partial charge on any atom is -0.494 e. The van der Waals surface area contributed by atoms with Crippen molar-refractivity contribution in [1.29, 1.82) is 0 Å². The van der Waals surface area contributed by atoms with E-state index in [1.165, 1.54) is 24.1 Å². The van der Waals surface area contributed by atoms with Crippen molar-refractivity contribution in [3.8, 4) is 11.5 Å². The molecule has 34 heavy (non-hydrogen) atoms. The minimum atomic E-state index is -2.91. The molecule has 0 aliphatic heterocycles. The molecule has 0 bridgehead atoms. The summed E-state index contributed by atoms with van der Waals surface area (Å²) in [6, 6.07) is 12.4. The highest BCUT2D eigenvalue weighted by atomic mass is 19.3. The lowest BCUT2D eigenvalue weighted by atomic mass is 10.2. The van der Waals surface area contributed by atoms with Gasteiger partial charge in [0.2, 0.25) is 0 Å². The summed E-state index contributed by atoms with van der Waals surface area (Å²) >= 11 is 0. The number of nitrogens with one attached hydrogen (secondary N) is 1. The van der Waals surface area contributed by atoms with Gasteiger partial charge in [-0.05, 0) is 48.4 Å². The molecule has 0 spiro atoms. The number of rotatable bonds is 13. The first-order valence-electron chi connectivity index (χ1n) is 10.7. The van der Waals surface area contributed by atoms with Crippen molar-refractivity contribution in [2.45, 2.75) is 32.9 Å². The molecule has 0 unspecified atom stereocenters. The van der Waals surface area contributed by atoms with Gasteiger partial charge in [-0.3, -0.25) is 14.4 Å². The molecular formula is C24H28F2N2O6. The normalized spacial score (nSPS) is 10.5. The van der Waals surface area contributed by atoms with Gasteiger partial charge in [0, 0.05) is 19.2 Å². The number of halogens is 2. The fourth-order valence-corrected chi connectivity index (χ4v) is 2.73. The number of hydrogen-bond donors (Lipinski definition) is 1. The van der Waals surface area contributed by atoms with Gasteiger partial charge in [-0.1, -0.05) is 25.5 Å². The van der Waals surface area contributed by atoms with E-state index in [0.29, 0.717) is 23.5 Å². The summed E-state index contributed by atoms with van der Waals surface area (Å²) < 4.78 is 39.1. The molecule has 0 aliphatic carbocycles. The molecule has 10 heteroatoms. The quantitative estimate of drug-likeness (QED) is 0.350. The number of nitrogens with zero attached hydrogens (tertiary/aromatic N) is 1. The predicted octanol–water partition coefficient (Wildman–Crippen LogP) is 3.40. The van der Waals surface area contributed by atoms with E-state index >= 15 is 0 Å². The number of alkyl halides is 2. The Labute approximate surface area is 196 Å². The molecule has 0 atom stereocenters. The van der Waals surface area contributed by atoms with Crippen LogP contribution in [0.5, 0.6) is 11.5 Å². The van der Waals surface area contributed by atoms with E-state index in [0.717, 1.165) is 12.8 Å². The summed E-state index contributed by atoms with van der Waals surface area (Å²) in [6.45, 7) is -0.957. The van der Waals surface area contributed by atoms with E-state index in [9.17, 15) is 23.2 Å². The van der Waals surface area contributed by atoms with Crippen LogP contribution in [0.1, 0.15) is 35.7 Å². The van der Waals surface area contributed by atoms with Crippen LogP contribution in [0.2, 0.25) is 0 Å². The van der Waals surface area contributed by atoms with Gasteiger partial charge < -0.3 is 24.4 Å². The summed E-state index contributed by atoms with van der Waals surface area (Å²) in [4.78, 5) is 37.5. The van der Waals surface area contributed by atoms with E-state index in [-0.39, 0.29) is 12.3 Å². The number of esters is 1. The lowest BCUT2D eigenvalue weighted by Crippen LogP contribution is -2.34. The van der Waals surface area contributed by atoms with Crippen molar-refractivity contribution in [3.63, 3.8) is 0 Å². The fourth-order valence-electron chi connectivity index (χ4n) is 2.73. The lowest BCUT2D eigenvalue weighted by molar-refractivity contribution is -0.150. The molecule has 0 aromatic heterocycles. The zero-order valence-electron chi connectivity index (χ0n) is 19.1. The molecule has 0 saturated carbocycles. The molecular weight excluding hydrogens is 450 g/mol. The van der Waals surface area contributed by atoms with Crippen molar-refractivity contribution in [2.24, 2.45) is 0 Å². The highest BCUT2D eigenvalue weighted by Gasteiger charge is 2.14. The Morgan fingerprint density at radius 3 is 2.26 bits per heavy atom. The van der Waals surface area contributed by atoms with Crippen molar-refractivity contribution in [1.82, 2.24) is 10.2 Å². The van der Waals surface area contributed by atoms with Crippen LogP contribution >= 0.6 is 0 Å². The standard InChI is InChI=1S/C24H28F2N2O6/c1-3-4-13-32-19-11-7-18(8-12-19)23(31)27-14-22(30)33-16-21(29)28(2)15-17-5-9-20(10-6-17)34-24(25)26/h5-12,24H,3-4,13-16H2,1-2H3,(H,27,31). The van der Waals surface area contributed by atoms with Crippen LogP contribution in [-0.2, 0) is 20.9 Å². The van der Waals surface area contributed by atoms with E-state index in [1.54, 1.807) is 36.4 Å². The molecule has 2 aromatic carbocycles. The Kier molecular flexibility index (Phi) is 10.8. The van der Waals surface area contributed by atoms with Crippen LogP contribution in [-0.4, -0.2) is 56.1 Å². The van der Waals surface area contributed by atoms with Gasteiger partial charge in [0.15, 0.2) is 6.61 Å². The first-order chi connectivity index (χ1) is 16.3. The van der Waals surface area contributed by atoms with Crippen molar-refractivity contribution >= 4 is 17.8 Å². The monoisotopic (exact) mass is 478 g/mol. The van der Waals surface area contributed by atoms with Crippen LogP contribution in [0.15, 0.2) is 48.5 Å². The molecule has 2 amide bonds. The minimum absolute atomic E-state index is 0.0138. The zero-order valence-corrected chi connectivity index (χ0v) is 19.1. The number of benzene rings is 2. The van der Waals surface area contributed by atoms with E-state index in [2.05, 4.69) is 17.0 Å². The van der Waals surface area contributed by atoms with E-state index < -0.39 is 37.5 Å². The summed E-state index contributed by atoms with van der Waals surface area (Å²) in [5.41, 5.74) is 1.04. The predicted molar refractivity (Wildman–Crippen MR) is 120 cm³/mol. The number of carbonyl (C=O) groups excluding carboxylic acids is 3. The number of carbonyl (C=O) groups is 3.